The summed E-state index contributed by atoms with van der Waals surface area (Å²) in [5.74, 6) is 0.428. The summed E-state index contributed by atoms with van der Waals surface area (Å²) >= 11 is 5.84. The van der Waals surface area contributed by atoms with Crippen molar-refractivity contribution >= 4 is 29.0 Å². The van der Waals surface area contributed by atoms with Crippen LogP contribution in [-0.4, -0.2) is 21.9 Å². The van der Waals surface area contributed by atoms with E-state index in [0.29, 0.717) is 16.5 Å². The van der Waals surface area contributed by atoms with Crippen LogP contribution in [0.15, 0.2) is 36.7 Å². The van der Waals surface area contributed by atoms with Crippen molar-refractivity contribution in [1.29, 1.82) is 0 Å². The Morgan fingerprint density at radius 2 is 1.82 bits per heavy atom. The molecule has 0 atom stereocenters. The molecular weight excluding hydrogens is 300 g/mol. The van der Waals surface area contributed by atoms with E-state index in [2.05, 4.69) is 20.6 Å². The lowest BCUT2D eigenvalue weighted by atomic mass is 10.2. The van der Waals surface area contributed by atoms with Crippen LogP contribution in [0.3, 0.4) is 0 Å². The number of carbonyl (C=O) groups is 1. The molecule has 1 aromatic heterocycles. The smallest absolute Gasteiger partial charge is 0.271 e. The van der Waals surface area contributed by atoms with Gasteiger partial charge in [0.05, 0.1) is 12.4 Å². The highest BCUT2D eigenvalue weighted by Crippen LogP contribution is 2.19. The Hall–Kier alpha value is -2.14. The molecule has 3 rings (SSSR count). The molecule has 1 heterocycles. The van der Waals surface area contributed by atoms with Crippen LogP contribution in [0.5, 0.6) is 0 Å². The third-order valence-electron chi connectivity index (χ3n) is 3.69. The molecule has 1 aliphatic carbocycles. The first kappa shape index (κ1) is 14.8. The van der Waals surface area contributed by atoms with Crippen molar-refractivity contribution in [3.05, 3.63) is 47.4 Å². The number of anilines is 2. The average molecular weight is 317 g/mol. The molecule has 5 nitrogen and oxygen atoms in total. The number of nitrogens with one attached hydrogen (secondary N) is 2. The lowest BCUT2D eigenvalue weighted by molar-refractivity contribution is 0.0932. The molecule has 2 N–H and O–H groups in total. The Balaban J connectivity index is 1.61. The van der Waals surface area contributed by atoms with Crippen LogP contribution in [0.1, 0.15) is 36.2 Å². The zero-order valence-corrected chi connectivity index (χ0v) is 12.8. The molecule has 0 aliphatic heterocycles. The van der Waals surface area contributed by atoms with E-state index in [1.54, 1.807) is 18.3 Å². The van der Waals surface area contributed by atoms with Gasteiger partial charge in [-0.3, -0.25) is 4.79 Å². The van der Waals surface area contributed by atoms with Crippen molar-refractivity contribution in [2.24, 2.45) is 0 Å². The van der Waals surface area contributed by atoms with Gasteiger partial charge in [-0.05, 0) is 37.1 Å². The Morgan fingerprint density at radius 1 is 1.09 bits per heavy atom. The van der Waals surface area contributed by atoms with Gasteiger partial charge in [-0.25, -0.2) is 9.97 Å². The van der Waals surface area contributed by atoms with Gasteiger partial charge in [0, 0.05) is 16.8 Å². The summed E-state index contributed by atoms with van der Waals surface area (Å²) in [6, 6.07) is 7.57. The minimum absolute atomic E-state index is 0.155. The van der Waals surface area contributed by atoms with Gasteiger partial charge in [-0.1, -0.05) is 24.4 Å². The van der Waals surface area contributed by atoms with Crippen LogP contribution in [0.25, 0.3) is 0 Å². The summed E-state index contributed by atoms with van der Waals surface area (Å²) < 4.78 is 0. The Bertz CT molecular complexity index is 636. The second-order valence-electron chi connectivity index (χ2n) is 5.37. The van der Waals surface area contributed by atoms with Crippen molar-refractivity contribution in [3.8, 4) is 0 Å². The molecule has 0 unspecified atom stereocenters. The molecule has 0 bridgehead atoms. The second kappa shape index (κ2) is 6.75. The highest BCUT2D eigenvalue weighted by atomic mass is 35.5. The maximum absolute atomic E-state index is 12.1. The molecule has 2 aromatic rings. The number of hydrogen-bond donors (Lipinski definition) is 2. The van der Waals surface area contributed by atoms with Gasteiger partial charge in [0.1, 0.15) is 11.5 Å². The van der Waals surface area contributed by atoms with E-state index in [4.69, 9.17) is 11.6 Å². The minimum atomic E-state index is -0.155. The van der Waals surface area contributed by atoms with E-state index in [-0.39, 0.29) is 11.9 Å². The summed E-state index contributed by atoms with van der Waals surface area (Å²) in [7, 11) is 0. The molecule has 1 amide bonds. The molecular formula is C16H17ClN4O. The number of nitrogens with zero attached hydrogens (tertiary/aromatic N) is 2. The Kier molecular flexibility index (Phi) is 4.53. The highest BCUT2D eigenvalue weighted by molar-refractivity contribution is 6.30. The molecule has 0 spiro atoms. The maximum Gasteiger partial charge on any atom is 0.271 e. The first-order valence-electron chi connectivity index (χ1n) is 7.36. The predicted molar refractivity (Wildman–Crippen MR) is 86.5 cm³/mol. The van der Waals surface area contributed by atoms with Gasteiger partial charge in [-0.2, -0.15) is 0 Å². The number of benzene rings is 1. The van der Waals surface area contributed by atoms with Crippen LogP contribution in [0.4, 0.5) is 11.5 Å². The van der Waals surface area contributed by atoms with E-state index < -0.39 is 0 Å². The number of rotatable bonds is 4. The Morgan fingerprint density at radius 3 is 2.45 bits per heavy atom. The van der Waals surface area contributed by atoms with Gasteiger partial charge in [0.25, 0.3) is 5.91 Å². The van der Waals surface area contributed by atoms with E-state index in [0.717, 1.165) is 18.5 Å². The minimum Gasteiger partial charge on any atom is -0.348 e. The van der Waals surface area contributed by atoms with Crippen LogP contribution in [0.2, 0.25) is 5.02 Å². The van der Waals surface area contributed by atoms with Crippen molar-refractivity contribution in [3.63, 3.8) is 0 Å². The van der Waals surface area contributed by atoms with Gasteiger partial charge < -0.3 is 10.6 Å². The average Bonchev–Trinajstić information content (AvgIpc) is 3.03. The van der Waals surface area contributed by atoms with E-state index in [1.165, 1.54) is 19.0 Å². The largest absolute Gasteiger partial charge is 0.348 e. The molecule has 114 valence electrons. The lowest BCUT2D eigenvalue weighted by Crippen LogP contribution is -2.33. The molecule has 0 radical (unpaired) electrons. The summed E-state index contributed by atoms with van der Waals surface area (Å²) in [5, 5.41) is 6.78. The Labute approximate surface area is 134 Å². The third-order valence-corrected chi connectivity index (χ3v) is 3.94. The highest BCUT2D eigenvalue weighted by Gasteiger charge is 2.18. The molecule has 0 saturated heterocycles. The number of hydrogen-bond acceptors (Lipinski definition) is 4. The molecule has 22 heavy (non-hydrogen) atoms. The van der Waals surface area contributed by atoms with E-state index in [1.807, 2.05) is 12.1 Å². The van der Waals surface area contributed by atoms with Crippen LogP contribution in [0, 0.1) is 0 Å². The molecule has 1 fully saturated rings. The van der Waals surface area contributed by atoms with E-state index >= 15 is 0 Å². The zero-order valence-electron chi connectivity index (χ0n) is 12.1. The first-order chi connectivity index (χ1) is 10.7. The number of halogens is 1. The maximum atomic E-state index is 12.1. The van der Waals surface area contributed by atoms with Crippen molar-refractivity contribution < 1.29 is 4.79 Å². The van der Waals surface area contributed by atoms with Gasteiger partial charge in [0.15, 0.2) is 0 Å². The molecule has 1 aromatic carbocycles. The predicted octanol–water partition coefficient (Wildman–Crippen LogP) is 3.55. The normalized spacial score (nSPS) is 14.8. The molecule has 1 saturated carbocycles. The lowest BCUT2D eigenvalue weighted by Gasteiger charge is -2.11. The number of carbonyl (C=O) groups excluding carboxylic acids is 1. The summed E-state index contributed by atoms with van der Waals surface area (Å²) in [6.45, 7) is 0. The molecule has 6 heteroatoms. The van der Waals surface area contributed by atoms with Gasteiger partial charge >= 0.3 is 0 Å². The summed E-state index contributed by atoms with van der Waals surface area (Å²) in [4.78, 5) is 20.5. The van der Waals surface area contributed by atoms with Crippen LogP contribution in [-0.2, 0) is 0 Å². The van der Waals surface area contributed by atoms with Crippen LogP contribution >= 0.6 is 11.6 Å². The SMILES string of the molecule is O=C(NC1CCCC1)c1cnc(Nc2ccc(Cl)cc2)cn1. The second-order valence-corrected chi connectivity index (χ2v) is 5.81. The number of aromatic nitrogens is 2. The van der Waals surface area contributed by atoms with Crippen molar-refractivity contribution in [2.75, 3.05) is 5.32 Å². The monoisotopic (exact) mass is 316 g/mol. The third kappa shape index (κ3) is 3.74. The van der Waals surface area contributed by atoms with Crippen LogP contribution < -0.4 is 10.6 Å². The first-order valence-corrected chi connectivity index (χ1v) is 7.74. The van der Waals surface area contributed by atoms with Crippen molar-refractivity contribution in [2.45, 2.75) is 31.7 Å². The zero-order chi connectivity index (χ0) is 15.4. The van der Waals surface area contributed by atoms with E-state index in [9.17, 15) is 4.79 Å². The van der Waals surface area contributed by atoms with Gasteiger partial charge in [0.2, 0.25) is 0 Å². The van der Waals surface area contributed by atoms with Crippen molar-refractivity contribution in [1.82, 2.24) is 15.3 Å². The topological polar surface area (TPSA) is 66.9 Å². The molecule has 1 aliphatic rings. The quantitative estimate of drug-likeness (QED) is 0.905. The fourth-order valence-corrected chi connectivity index (χ4v) is 2.65. The summed E-state index contributed by atoms with van der Waals surface area (Å²) in [6.07, 6.45) is 7.51. The number of amides is 1. The summed E-state index contributed by atoms with van der Waals surface area (Å²) in [5.41, 5.74) is 1.20. The standard InChI is InChI=1S/C16H17ClN4O/c17-11-5-7-13(8-6-11)20-15-10-18-14(9-19-15)16(22)21-12-3-1-2-4-12/h5-10,12H,1-4H2,(H,19,20)(H,21,22). The fraction of sp³-hybridized carbons (Fsp3) is 0.312. The van der Waals surface area contributed by atoms with Gasteiger partial charge in [-0.15, -0.1) is 0 Å². The fourth-order valence-electron chi connectivity index (χ4n) is 2.52.